The van der Waals surface area contributed by atoms with Gasteiger partial charge in [0.1, 0.15) is 5.52 Å². The van der Waals surface area contributed by atoms with Gasteiger partial charge < -0.3 is 10.2 Å². The number of benzene rings is 1. The van der Waals surface area contributed by atoms with Gasteiger partial charge in [-0.1, -0.05) is 31.9 Å². The minimum Gasteiger partial charge on any atom is -0.440 e. The van der Waals surface area contributed by atoms with Crippen LogP contribution in [0.15, 0.2) is 16.5 Å². The number of rotatable bonds is 1. The highest BCUT2D eigenvalue weighted by atomic mass is 35.5. The molecule has 1 saturated carbocycles. The molecule has 0 radical (unpaired) electrons. The monoisotopic (exact) mass is 264 g/mol. The van der Waals surface area contributed by atoms with E-state index in [0.29, 0.717) is 16.6 Å². The molecule has 18 heavy (non-hydrogen) atoms. The van der Waals surface area contributed by atoms with Crippen LogP contribution in [-0.2, 0) is 0 Å². The van der Waals surface area contributed by atoms with E-state index >= 15 is 0 Å². The number of nitrogens with two attached hydrogens (primary N) is 1. The van der Waals surface area contributed by atoms with E-state index in [9.17, 15) is 0 Å². The number of fused-ring (bicyclic) bond motifs is 1. The van der Waals surface area contributed by atoms with E-state index in [1.54, 1.807) is 12.1 Å². The summed E-state index contributed by atoms with van der Waals surface area (Å²) in [6.07, 6.45) is 3.60. The summed E-state index contributed by atoms with van der Waals surface area (Å²) in [5.74, 6) is 1.22. The van der Waals surface area contributed by atoms with Gasteiger partial charge in [-0.3, -0.25) is 0 Å². The van der Waals surface area contributed by atoms with Crippen LogP contribution in [0, 0.1) is 5.41 Å². The van der Waals surface area contributed by atoms with Crippen LogP contribution in [0.25, 0.3) is 11.1 Å². The standard InChI is InChI=1S/C14H17ClN2O/c1-14(2)5-3-4-8(14)13-17-11-6-9(15)10(16)7-12(11)18-13/h6-8H,3-5,16H2,1-2H3. The molecule has 0 saturated heterocycles. The Morgan fingerprint density at radius 1 is 1.44 bits per heavy atom. The van der Waals surface area contributed by atoms with E-state index in [0.717, 1.165) is 23.4 Å². The Hall–Kier alpha value is -1.22. The fourth-order valence-corrected chi connectivity index (χ4v) is 3.07. The minimum absolute atomic E-state index is 0.260. The molecule has 1 unspecified atom stereocenters. The molecule has 0 amide bonds. The van der Waals surface area contributed by atoms with E-state index in [4.69, 9.17) is 21.8 Å². The normalized spacial score (nSPS) is 22.7. The molecule has 0 aliphatic heterocycles. The van der Waals surface area contributed by atoms with Crippen molar-refractivity contribution in [1.29, 1.82) is 0 Å². The van der Waals surface area contributed by atoms with Crippen LogP contribution in [0.1, 0.15) is 44.9 Å². The lowest BCUT2D eigenvalue weighted by atomic mass is 9.82. The summed E-state index contributed by atoms with van der Waals surface area (Å²) < 4.78 is 5.87. The number of nitrogen functional groups attached to an aromatic ring is 1. The Kier molecular flexibility index (Phi) is 2.56. The maximum atomic E-state index is 6.01. The molecule has 1 aromatic carbocycles. The van der Waals surface area contributed by atoms with Crippen LogP contribution in [0.3, 0.4) is 0 Å². The summed E-state index contributed by atoms with van der Waals surface area (Å²) in [6, 6.07) is 3.54. The zero-order valence-corrected chi connectivity index (χ0v) is 11.4. The Labute approximate surface area is 111 Å². The van der Waals surface area contributed by atoms with Crippen LogP contribution in [-0.4, -0.2) is 4.98 Å². The van der Waals surface area contributed by atoms with E-state index in [-0.39, 0.29) is 5.41 Å². The number of aromatic nitrogens is 1. The van der Waals surface area contributed by atoms with Gasteiger partial charge in [-0.25, -0.2) is 4.98 Å². The largest absolute Gasteiger partial charge is 0.440 e. The van der Waals surface area contributed by atoms with Crippen LogP contribution < -0.4 is 5.73 Å². The molecule has 96 valence electrons. The Bertz CT molecular complexity index is 564. The molecule has 1 atom stereocenters. The Morgan fingerprint density at radius 2 is 2.22 bits per heavy atom. The third kappa shape index (κ3) is 1.77. The summed E-state index contributed by atoms with van der Waals surface area (Å²) in [6.45, 7) is 4.56. The third-order valence-corrected chi connectivity index (χ3v) is 4.41. The van der Waals surface area contributed by atoms with Crippen molar-refractivity contribution in [2.45, 2.75) is 39.0 Å². The fraction of sp³-hybridized carbons (Fsp3) is 0.500. The van der Waals surface area contributed by atoms with Gasteiger partial charge in [0, 0.05) is 12.0 Å². The van der Waals surface area contributed by atoms with Crippen molar-refractivity contribution in [3.8, 4) is 0 Å². The zero-order valence-electron chi connectivity index (χ0n) is 10.7. The van der Waals surface area contributed by atoms with Crippen molar-refractivity contribution >= 4 is 28.4 Å². The van der Waals surface area contributed by atoms with E-state index < -0.39 is 0 Å². The number of oxazole rings is 1. The van der Waals surface area contributed by atoms with E-state index in [1.807, 2.05) is 0 Å². The third-order valence-electron chi connectivity index (χ3n) is 4.08. The first kappa shape index (κ1) is 11.8. The van der Waals surface area contributed by atoms with Gasteiger partial charge in [-0.15, -0.1) is 0 Å². The minimum atomic E-state index is 0.260. The molecule has 1 aromatic heterocycles. The Balaban J connectivity index is 2.08. The number of nitrogens with zero attached hydrogens (tertiary/aromatic N) is 1. The molecule has 3 nitrogen and oxygen atoms in total. The van der Waals surface area contributed by atoms with Gasteiger partial charge in [0.2, 0.25) is 0 Å². The van der Waals surface area contributed by atoms with E-state index in [1.165, 1.54) is 12.8 Å². The van der Waals surface area contributed by atoms with Crippen LogP contribution in [0.5, 0.6) is 0 Å². The quantitative estimate of drug-likeness (QED) is 0.779. The first-order valence-corrected chi connectivity index (χ1v) is 6.70. The lowest BCUT2D eigenvalue weighted by molar-refractivity contribution is 0.291. The van der Waals surface area contributed by atoms with Crippen LogP contribution in [0.4, 0.5) is 5.69 Å². The zero-order chi connectivity index (χ0) is 12.9. The van der Waals surface area contributed by atoms with Gasteiger partial charge in [0.25, 0.3) is 0 Å². The summed E-state index contributed by atoms with van der Waals surface area (Å²) in [4.78, 5) is 4.59. The molecule has 3 rings (SSSR count). The van der Waals surface area contributed by atoms with Gasteiger partial charge >= 0.3 is 0 Å². The maximum absolute atomic E-state index is 6.01. The van der Waals surface area contributed by atoms with Gasteiger partial charge in [0.15, 0.2) is 11.5 Å². The highest BCUT2D eigenvalue weighted by molar-refractivity contribution is 6.33. The van der Waals surface area contributed by atoms with Crippen molar-refractivity contribution in [2.75, 3.05) is 5.73 Å². The second-order valence-corrected chi connectivity index (χ2v) is 6.23. The molecule has 1 fully saturated rings. The van der Waals surface area contributed by atoms with E-state index in [2.05, 4.69) is 18.8 Å². The van der Waals surface area contributed by atoms with Crippen molar-refractivity contribution in [1.82, 2.24) is 4.98 Å². The number of hydrogen-bond donors (Lipinski definition) is 1. The lowest BCUT2D eigenvalue weighted by Crippen LogP contribution is -2.15. The summed E-state index contributed by atoms with van der Waals surface area (Å²) in [5.41, 5.74) is 8.11. The second kappa shape index (κ2) is 3.89. The molecule has 0 bridgehead atoms. The summed E-state index contributed by atoms with van der Waals surface area (Å²) in [5, 5.41) is 0.535. The van der Waals surface area contributed by atoms with Crippen molar-refractivity contribution in [3.05, 3.63) is 23.0 Å². The van der Waals surface area contributed by atoms with Crippen molar-refractivity contribution in [2.24, 2.45) is 5.41 Å². The molecule has 2 aromatic rings. The van der Waals surface area contributed by atoms with Gasteiger partial charge in [-0.05, 0) is 24.3 Å². The van der Waals surface area contributed by atoms with Gasteiger partial charge in [-0.2, -0.15) is 0 Å². The highest BCUT2D eigenvalue weighted by Crippen LogP contribution is 2.49. The summed E-state index contributed by atoms with van der Waals surface area (Å²) >= 11 is 6.01. The number of halogens is 1. The maximum Gasteiger partial charge on any atom is 0.199 e. The van der Waals surface area contributed by atoms with Crippen molar-refractivity contribution in [3.63, 3.8) is 0 Å². The predicted octanol–water partition coefficient (Wildman–Crippen LogP) is 4.36. The Morgan fingerprint density at radius 3 is 2.89 bits per heavy atom. The molecule has 0 spiro atoms. The smallest absolute Gasteiger partial charge is 0.199 e. The molecule has 1 aliphatic rings. The molecule has 1 aliphatic carbocycles. The van der Waals surface area contributed by atoms with Crippen molar-refractivity contribution < 1.29 is 4.42 Å². The molecule has 2 N–H and O–H groups in total. The van der Waals surface area contributed by atoms with Gasteiger partial charge in [0.05, 0.1) is 10.7 Å². The number of anilines is 1. The molecule has 4 heteroatoms. The predicted molar refractivity (Wildman–Crippen MR) is 73.8 cm³/mol. The topological polar surface area (TPSA) is 52.0 Å². The SMILES string of the molecule is CC1(C)CCCC1c1nc2cc(Cl)c(N)cc2o1. The van der Waals surface area contributed by atoms with Crippen LogP contribution in [0.2, 0.25) is 5.02 Å². The summed E-state index contributed by atoms with van der Waals surface area (Å²) in [7, 11) is 0. The highest BCUT2D eigenvalue weighted by Gasteiger charge is 2.38. The average Bonchev–Trinajstić information content (AvgIpc) is 2.81. The second-order valence-electron chi connectivity index (χ2n) is 5.83. The molecule has 1 heterocycles. The molecular weight excluding hydrogens is 248 g/mol. The lowest BCUT2D eigenvalue weighted by Gasteiger charge is -2.23. The first-order chi connectivity index (χ1) is 8.47. The fourth-order valence-electron chi connectivity index (χ4n) is 2.92. The molecular formula is C14H17ClN2O. The van der Waals surface area contributed by atoms with Crippen LogP contribution >= 0.6 is 11.6 Å². The number of hydrogen-bond acceptors (Lipinski definition) is 3. The average molecular weight is 265 g/mol. The first-order valence-electron chi connectivity index (χ1n) is 6.33.